The minimum Gasteiger partial charge on any atom is -0.324 e. The Morgan fingerprint density at radius 1 is 1.62 bits per heavy atom. The monoisotopic (exact) mass is 273 g/mol. The maximum atomic E-state index is 11.8. The van der Waals surface area contributed by atoms with E-state index in [-0.39, 0.29) is 11.3 Å². The number of rotatable bonds is 4. The fraction of sp³-hybridized carbons (Fsp3) is 0.545. The molecule has 1 aromatic rings. The summed E-state index contributed by atoms with van der Waals surface area (Å²) >= 11 is 5.32. The van der Waals surface area contributed by atoms with Gasteiger partial charge in [-0.05, 0) is 30.2 Å². The van der Waals surface area contributed by atoms with Gasteiger partial charge in [0.25, 0.3) is 0 Å². The molecule has 2 rings (SSSR count). The van der Waals surface area contributed by atoms with E-state index in [0.717, 1.165) is 12.3 Å². The fourth-order valence-corrected chi connectivity index (χ4v) is 4.61. The molecule has 2 nitrogen and oxygen atoms in total. The molecule has 1 amide bonds. The Hall–Kier alpha value is -0.130. The van der Waals surface area contributed by atoms with Crippen LogP contribution in [-0.2, 0) is 4.79 Å². The Labute approximate surface area is 109 Å². The second-order valence-corrected chi connectivity index (χ2v) is 6.71. The highest BCUT2D eigenvalue weighted by Crippen LogP contribution is 2.42. The van der Waals surface area contributed by atoms with Crippen LogP contribution in [-0.4, -0.2) is 35.1 Å². The molecule has 1 unspecified atom stereocenters. The lowest BCUT2D eigenvalue weighted by Crippen LogP contribution is -2.30. The van der Waals surface area contributed by atoms with Crippen LogP contribution in [0.15, 0.2) is 11.4 Å². The summed E-state index contributed by atoms with van der Waals surface area (Å²) in [6.07, 6.45) is 2.08. The van der Waals surface area contributed by atoms with E-state index in [1.165, 1.54) is 10.4 Å². The highest BCUT2D eigenvalue weighted by Gasteiger charge is 2.33. The number of thioether (sulfide) groups is 2. The van der Waals surface area contributed by atoms with Gasteiger partial charge in [-0.3, -0.25) is 4.79 Å². The van der Waals surface area contributed by atoms with Crippen LogP contribution in [0.1, 0.15) is 15.8 Å². The van der Waals surface area contributed by atoms with Crippen molar-refractivity contribution in [2.45, 2.75) is 12.3 Å². The van der Waals surface area contributed by atoms with E-state index in [0.29, 0.717) is 5.75 Å². The largest absolute Gasteiger partial charge is 0.324 e. The van der Waals surface area contributed by atoms with Gasteiger partial charge in [-0.25, -0.2) is 0 Å². The summed E-state index contributed by atoms with van der Waals surface area (Å²) in [5.41, 5.74) is 1.31. The molecule has 0 spiro atoms. The SMILES string of the molecule is CSCCN1C(=O)CSC1c1sccc1C. The predicted molar refractivity (Wildman–Crippen MR) is 74.4 cm³/mol. The fourth-order valence-electron chi connectivity index (χ4n) is 1.74. The second kappa shape index (κ2) is 5.47. The van der Waals surface area contributed by atoms with Crippen LogP contribution in [0.25, 0.3) is 0 Å². The van der Waals surface area contributed by atoms with Crippen LogP contribution in [0.2, 0.25) is 0 Å². The Balaban J connectivity index is 2.14. The van der Waals surface area contributed by atoms with Gasteiger partial charge >= 0.3 is 0 Å². The van der Waals surface area contributed by atoms with Gasteiger partial charge in [0.05, 0.1) is 5.75 Å². The number of aryl methyl sites for hydroxylation is 1. The van der Waals surface area contributed by atoms with E-state index in [2.05, 4.69) is 24.6 Å². The lowest BCUT2D eigenvalue weighted by molar-refractivity contribution is -0.127. The third-order valence-electron chi connectivity index (χ3n) is 2.63. The van der Waals surface area contributed by atoms with Crippen LogP contribution in [0.3, 0.4) is 0 Å². The summed E-state index contributed by atoms with van der Waals surface area (Å²) in [4.78, 5) is 15.2. The standard InChI is InChI=1S/C11H15NOS3/c1-8-3-5-15-10(8)11-12(4-6-14-2)9(13)7-16-11/h3,5,11H,4,6-7H2,1-2H3. The van der Waals surface area contributed by atoms with E-state index < -0.39 is 0 Å². The Morgan fingerprint density at radius 3 is 3.06 bits per heavy atom. The number of hydrogen-bond donors (Lipinski definition) is 0. The number of amides is 1. The van der Waals surface area contributed by atoms with Gasteiger partial charge < -0.3 is 4.90 Å². The minimum absolute atomic E-state index is 0.264. The molecule has 0 radical (unpaired) electrons. The molecule has 16 heavy (non-hydrogen) atoms. The van der Waals surface area contributed by atoms with Crippen molar-refractivity contribution in [3.8, 4) is 0 Å². The van der Waals surface area contributed by atoms with Crippen molar-refractivity contribution in [1.82, 2.24) is 4.90 Å². The highest BCUT2D eigenvalue weighted by molar-refractivity contribution is 8.00. The molecule has 2 heterocycles. The Kier molecular flexibility index (Phi) is 4.21. The summed E-state index contributed by atoms with van der Waals surface area (Å²) in [6.45, 7) is 3.00. The van der Waals surface area contributed by atoms with Gasteiger partial charge in [-0.2, -0.15) is 11.8 Å². The molecule has 1 atom stereocenters. The van der Waals surface area contributed by atoms with Crippen molar-refractivity contribution in [2.75, 3.05) is 24.3 Å². The molecule has 1 fully saturated rings. The van der Waals surface area contributed by atoms with Crippen LogP contribution >= 0.6 is 34.9 Å². The van der Waals surface area contributed by atoms with Crippen LogP contribution in [0.5, 0.6) is 0 Å². The smallest absolute Gasteiger partial charge is 0.233 e. The Bertz CT molecular complexity index is 377. The van der Waals surface area contributed by atoms with E-state index >= 15 is 0 Å². The lowest BCUT2D eigenvalue weighted by atomic mass is 10.3. The van der Waals surface area contributed by atoms with Gasteiger partial charge in [0, 0.05) is 17.2 Å². The van der Waals surface area contributed by atoms with Gasteiger partial charge in [-0.1, -0.05) is 0 Å². The molecule has 0 aromatic carbocycles. The minimum atomic E-state index is 0.264. The van der Waals surface area contributed by atoms with Gasteiger partial charge in [-0.15, -0.1) is 23.1 Å². The van der Waals surface area contributed by atoms with E-state index in [4.69, 9.17) is 0 Å². The molecule has 88 valence electrons. The molecule has 0 saturated carbocycles. The van der Waals surface area contributed by atoms with Crippen LogP contribution in [0.4, 0.5) is 0 Å². The van der Waals surface area contributed by atoms with Crippen molar-refractivity contribution < 1.29 is 4.79 Å². The Morgan fingerprint density at radius 2 is 2.44 bits per heavy atom. The third kappa shape index (κ3) is 2.41. The third-order valence-corrected chi connectivity index (χ3v) is 5.66. The summed E-state index contributed by atoms with van der Waals surface area (Å²) in [5.74, 6) is 1.95. The van der Waals surface area contributed by atoms with Crippen molar-refractivity contribution in [3.63, 3.8) is 0 Å². The molecular weight excluding hydrogens is 258 g/mol. The molecule has 1 aliphatic rings. The van der Waals surface area contributed by atoms with Crippen molar-refractivity contribution >= 4 is 40.8 Å². The number of thiophene rings is 1. The molecule has 1 saturated heterocycles. The van der Waals surface area contributed by atoms with Crippen molar-refractivity contribution in [2.24, 2.45) is 0 Å². The number of nitrogens with zero attached hydrogens (tertiary/aromatic N) is 1. The normalized spacial score (nSPS) is 20.8. The molecule has 1 aromatic heterocycles. The van der Waals surface area contributed by atoms with Crippen LogP contribution in [0, 0.1) is 6.92 Å². The quantitative estimate of drug-likeness (QED) is 0.841. The first-order chi connectivity index (χ1) is 7.74. The highest BCUT2D eigenvalue weighted by atomic mass is 32.2. The number of carbonyl (C=O) groups excluding carboxylic acids is 1. The molecule has 0 bridgehead atoms. The second-order valence-electron chi connectivity index (χ2n) is 3.71. The molecule has 0 N–H and O–H groups in total. The first-order valence-corrected chi connectivity index (χ1v) is 8.50. The zero-order valence-corrected chi connectivity index (χ0v) is 11.9. The maximum Gasteiger partial charge on any atom is 0.233 e. The average molecular weight is 273 g/mol. The first-order valence-electron chi connectivity index (χ1n) is 5.18. The summed E-state index contributed by atoms with van der Waals surface area (Å²) in [5, 5.41) is 2.38. The topological polar surface area (TPSA) is 20.3 Å². The summed E-state index contributed by atoms with van der Waals surface area (Å²) in [7, 11) is 0. The zero-order chi connectivity index (χ0) is 11.5. The van der Waals surface area contributed by atoms with Gasteiger partial charge in [0.1, 0.15) is 5.37 Å². The van der Waals surface area contributed by atoms with Crippen LogP contribution < -0.4 is 0 Å². The predicted octanol–water partition coefficient (Wildman–Crippen LogP) is 2.99. The van der Waals surface area contributed by atoms with Gasteiger partial charge in [0.2, 0.25) is 5.91 Å². The average Bonchev–Trinajstić information content (AvgIpc) is 2.82. The van der Waals surface area contributed by atoms with Crippen molar-refractivity contribution in [1.29, 1.82) is 0 Å². The number of carbonyl (C=O) groups is 1. The number of hydrogen-bond acceptors (Lipinski definition) is 4. The van der Waals surface area contributed by atoms with Crippen molar-refractivity contribution in [3.05, 3.63) is 21.9 Å². The van der Waals surface area contributed by atoms with E-state index in [1.807, 2.05) is 4.90 Å². The maximum absolute atomic E-state index is 11.8. The molecule has 1 aliphatic heterocycles. The van der Waals surface area contributed by atoms with Gasteiger partial charge in [0.15, 0.2) is 0 Å². The lowest BCUT2D eigenvalue weighted by Gasteiger charge is -2.23. The molecule has 5 heteroatoms. The van der Waals surface area contributed by atoms with E-state index in [1.54, 1.807) is 34.9 Å². The summed E-state index contributed by atoms with van der Waals surface area (Å²) < 4.78 is 0. The molecule has 0 aliphatic carbocycles. The zero-order valence-electron chi connectivity index (χ0n) is 9.43. The summed E-state index contributed by atoms with van der Waals surface area (Å²) in [6, 6.07) is 2.14. The molecular formula is C11H15NOS3. The van der Waals surface area contributed by atoms with E-state index in [9.17, 15) is 4.79 Å². The first kappa shape index (κ1) is 12.3.